The second kappa shape index (κ2) is 19.5. The fourth-order valence-electron chi connectivity index (χ4n) is 8.10. The quantitative estimate of drug-likeness (QED) is 0.0469. The highest BCUT2D eigenvalue weighted by molar-refractivity contribution is 9.10. The van der Waals surface area contributed by atoms with E-state index >= 15 is 35.1 Å². The van der Waals surface area contributed by atoms with Crippen LogP contribution in [0.4, 0.5) is 87.8 Å². The molecule has 0 aliphatic carbocycles. The van der Waals surface area contributed by atoms with Gasteiger partial charge < -0.3 is 0 Å². The Hall–Kier alpha value is -6.91. The Morgan fingerprint density at radius 3 is 0.986 bits per heavy atom. The lowest BCUT2D eigenvalue weighted by atomic mass is 9.12. The van der Waals surface area contributed by atoms with Gasteiger partial charge in [-0.25, -0.2) is 87.8 Å². The average molecular weight is 1070 g/mol. The zero-order valence-corrected chi connectivity index (χ0v) is 35.6. The number of para-hydroxylation sites is 1. The molecule has 8 aromatic rings. The minimum atomic E-state index is -7.22. The van der Waals surface area contributed by atoms with Crippen LogP contribution in [0.1, 0.15) is 16.8 Å². The third kappa shape index (κ3) is 8.29. The van der Waals surface area contributed by atoms with Gasteiger partial charge in [0.25, 0.3) is 0 Å². The van der Waals surface area contributed by atoms with E-state index in [1.807, 2.05) is 0 Å². The first kappa shape index (κ1) is 51.0. The molecule has 0 radical (unpaired) electrons. The van der Waals surface area contributed by atoms with Crippen molar-refractivity contribution in [3.63, 3.8) is 0 Å². The van der Waals surface area contributed by atoms with Crippen LogP contribution in [0.15, 0.2) is 95.5 Å². The van der Waals surface area contributed by atoms with Crippen molar-refractivity contribution in [2.24, 2.45) is 0 Å². The monoisotopic (exact) mass is 1070 g/mol. The van der Waals surface area contributed by atoms with Crippen LogP contribution in [0, 0.1) is 116 Å². The van der Waals surface area contributed by atoms with Gasteiger partial charge in [-0.3, -0.25) is 0 Å². The normalized spacial score (nSPS) is 11.6. The summed E-state index contributed by atoms with van der Waals surface area (Å²) >= 11 is 3.52. The van der Waals surface area contributed by atoms with Crippen molar-refractivity contribution in [3.05, 3.63) is 229 Å². The molecule has 0 saturated carbocycles. The Kier molecular flexibility index (Phi) is 14.2. The summed E-state index contributed by atoms with van der Waals surface area (Å²) in [5.74, 6) is -71.4. The Morgan fingerprint density at radius 2 is 0.629 bits per heavy atom. The lowest BCUT2D eigenvalue weighted by Gasteiger charge is -2.44. The van der Waals surface area contributed by atoms with Crippen LogP contribution < -0.4 is 26.4 Å². The molecule has 0 saturated heterocycles. The first-order chi connectivity index (χ1) is 33.0. The van der Waals surface area contributed by atoms with Gasteiger partial charge in [-0.1, -0.05) is 70.5 Å². The molecule has 70 heavy (non-hydrogen) atoms. The molecule has 1 heterocycles. The Balaban J connectivity index is 0.000000242. The summed E-state index contributed by atoms with van der Waals surface area (Å²) in [7, 11) is 0. The number of benzene rings is 7. The molecule has 0 aliphatic heterocycles. The minimum absolute atomic E-state index is 0.883. The van der Waals surface area contributed by atoms with Crippen LogP contribution in [0.5, 0.6) is 0 Å². The third-order valence-electron chi connectivity index (χ3n) is 11.2. The van der Waals surface area contributed by atoms with Gasteiger partial charge in [0.15, 0.2) is 82.0 Å². The molecule has 1 aromatic heterocycles. The van der Waals surface area contributed by atoms with Crippen molar-refractivity contribution in [3.8, 4) is 0 Å². The summed E-state index contributed by atoms with van der Waals surface area (Å²) in [5.41, 5.74) is -9.09. The predicted molar refractivity (Wildman–Crippen MR) is 216 cm³/mol. The van der Waals surface area contributed by atoms with E-state index in [0.717, 1.165) is 17.4 Å². The van der Waals surface area contributed by atoms with Crippen LogP contribution in [0.2, 0.25) is 0 Å². The van der Waals surface area contributed by atoms with Crippen LogP contribution >= 0.6 is 15.9 Å². The second-order valence-corrected chi connectivity index (χ2v) is 16.0. The lowest BCUT2D eigenvalue weighted by molar-refractivity contribution is -0.669. The standard InChI is InChI=1S/C24BF20.C23H19BrN/c26-5-1(6(27)14(35)21(42)13(5)34)25(2-7(28)15(36)22(43)16(37)8(2)29,3-9(30)17(38)23(44)18(39)10(3)31)4-11(32)19(40)24(45)20(41)12(4)33;24-21-13-10-18(11-14-21)16-22-15-12-20-8-4-5-9-23(20)25(22)17-19-6-2-1-3-7-19/h;1-15H,16-17H2/q-1;+1. The van der Waals surface area contributed by atoms with Gasteiger partial charge in [-0.05, 0) is 29.8 Å². The number of nitrogens with zero attached hydrogens (tertiary/aromatic N) is 1. The van der Waals surface area contributed by atoms with E-state index in [1.54, 1.807) is 0 Å². The molecule has 0 amide bonds. The molecular weight excluding hydrogens is 1050 g/mol. The van der Waals surface area contributed by atoms with Crippen molar-refractivity contribution in [2.75, 3.05) is 0 Å². The maximum Gasteiger partial charge on any atom is 0.212 e. The Bertz CT molecular complexity index is 3010. The number of rotatable bonds is 8. The van der Waals surface area contributed by atoms with Gasteiger partial charge in [0.1, 0.15) is 52.7 Å². The maximum absolute atomic E-state index is 15.4. The summed E-state index contributed by atoms with van der Waals surface area (Å²) in [6.07, 6.45) is -6.30. The summed E-state index contributed by atoms with van der Waals surface area (Å²) in [4.78, 5) is 0. The van der Waals surface area contributed by atoms with Crippen LogP contribution in [0.3, 0.4) is 0 Å². The van der Waals surface area contributed by atoms with Gasteiger partial charge in [0, 0.05) is 27.6 Å². The van der Waals surface area contributed by atoms with Crippen molar-refractivity contribution in [2.45, 2.75) is 13.0 Å². The smallest absolute Gasteiger partial charge is 0.207 e. The average Bonchev–Trinajstić information content (AvgIpc) is 3.35. The van der Waals surface area contributed by atoms with Crippen LogP contribution in [0.25, 0.3) is 10.9 Å². The number of aromatic nitrogens is 1. The van der Waals surface area contributed by atoms with Crippen molar-refractivity contribution in [1.29, 1.82) is 0 Å². The SMILES string of the molecule is Brc1ccc(Cc2ccc3ccccc3[n+]2Cc2ccccc2)cc1.Fc1c(F)c(F)c([B-](c2c(F)c(F)c(F)c(F)c2F)(c2c(F)c(F)c(F)c(F)c2F)c2c(F)c(F)c(F)c(F)c2F)c(F)c1F. The van der Waals surface area contributed by atoms with Crippen LogP contribution in [-0.2, 0) is 13.0 Å². The zero-order chi connectivity index (χ0) is 51.4. The fourth-order valence-corrected chi connectivity index (χ4v) is 8.36. The second-order valence-electron chi connectivity index (χ2n) is 15.1. The van der Waals surface area contributed by atoms with Crippen molar-refractivity contribution < 1.29 is 92.4 Å². The van der Waals surface area contributed by atoms with Gasteiger partial charge in [-0.15, -0.1) is 21.9 Å². The van der Waals surface area contributed by atoms with Gasteiger partial charge >= 0.3 is 0 Å². The zero-order valence-electron chi connectivity index (χ0n) is 34.0. The summed E-state index contributed by atoms with van der Waals surface area (Å²) in [5, 5.41) is 1.28. The van der Waals surface area contributed by atoms with E-state index < -0.39 is 144 Å². The van der Waals surface area contributed by atoms with E-state index in [4.69, 9.17) is 0 Å². The molecule has 8 rings (SSSR count). The first-order valence-corrected chi connectivity index (χ1v) is 20.2. The molecule has 0 unspecified atom stereocenters. The number of hydrogen-bond donors (Lipinski definition) is 0. The molecule has 0 atom stereocenters. The van der Waals surface area contributed by atoms with E-state index in [2.05, 4.69) is 111 Å². The van der Waals surface area contributed by atoms with E-state index in [1.165, 1.54) is 27.7 Å². The third-order valence-corrected chi connectivity index (χ3v) is 11.7. The molecule has 0 N–H and O–H groups in total. The molecule has 0 bridgehead atoms. The minimum Gasteiger partial charge on any atom is -0.207 e. The largest absolute Gasteiger partial charge is 0.212 e. The van der Waals surface area contributed by atoms with Gasteiger partial charge in [0.2, 0.25) is 5.52 Å². The van der Waals surface area contributed by atoms with Crippen LogP contribution in [-0.4, -0.2) is 6.15 Å². The number of halogens is 21. The molecule has 0 fully saturated rings. The van der Waals surface area contributed by atoms with Gasteiger partial charge in [-0.2, -0.15) is 4.57 Å². The summed E-state index contributed by atoms with van der Waals surface area (Å²) in [6.45, 7) is 0.883. The summed E-state index contributed by atoms with van der Waals surface area (Å²) in [6, 6.07) is 32.4. The lowest BCUT2D eigenvalue weighted by Crippen LogP contribution is -2.81. The predicted octanol–water partition coefficient (Wildman–Crippen LogP) is 11.4. The highest BCUT2D eigenvalue weighted by Gasteiger charge is 2.52. The highest BCUT2D eigenvalue weighted by atomic mass is 79.9. The molecule has 1 nitrogen and oxygen atoms in total. The van der Waals surface area contributed by atoms with Gasteiger partial charge in [0.05, 0.1) is 6.42 Å². The van der Waals surface area contributed by atoms with E-state index in [0.29, 0.717) is 0 Å². The van der Waals surface area contributed by atoms with E-state index in [-0.39, 0.29) is 0 Å². The maximum atomic E-state index is 15.4. The number of hydrogen-bond acceptors (Lipinski definition) is 0. The Morgan fingerprint density at radius 1 is 0.314 bits per heavy atom. The molecule has 0 spiro atoms. The molecular formula is C47H19BBrF20N. The number of pyridine rings is 1. The molecule has 23 heteroatoms. The molecule has 0 aliphatic rings. The molecule has 7 aromatic carbocycles. The van der Waals surface area contributed by atoms with Crippen molar-refractivity contribution >= 4 is 54.8 Å². The Labute approximate surface area is 387 Å². The fraction of sp³-hybridized carbons (Fsp3) is 0.0426. The molecule has 362 valence electrons. The summed E-state index contributed by atoms with van der Waals surface area (Å²) < 4.78 is 298. The number of fused-ring (bicyclic) bond motifs is 1. The topological polar surface area (TPSA) is 3.88 Å². The first-order valence-electron chi connectivity index (χ1n) is 19.4. The van der Waals surface area contributed by atoms with Crippen molar-refractivity contribution in [1.82, 2.24) is 0 Å². The van der Waals surface area contributed by atoms with E-state index in [9.17, 15) is 52.7 Å². The highest BCUT2D eigenvalue weighted by Crippen LogP contribution is 2.31.